The highest BCUT2D eigenvalue weighted by molar-refractivity contribution is 5.88. The van der Waals surface area contributed by atoms with Crippen molar-refractivity contribution in [1.82, 2.24) is 24.7 Å². The molecule has 0 spiro atoms. The molecule has 188 valence electrons. The van der Waals surface area contributed by atoms with E-state index >= 15 is 0 Å². The van der Waals surface area contributed by atoms with E-state index in [4.69, 9.17) is 0 Å². The van der Waals surface area contributed by atoms with E-state index in [-0.39, 0.29) is 17.9 Å². The number of nitrogens with one attached hydrogen (secondary N) is 1. The first kappa shape index (κ1) is 23.3. The molecule has 1 amide bonds. The Labute approximate surface area is 214 Å². The molecule has 37 heavy (non-hydrogen) atoms. The van der Waals surface area contributed by atoms with Crippen LogP contribution in [0.25, 0.3) is 27.8 Å². The van der Waals surface area contributed by atoms with Crippen LogP contribution in [0.15, 0.2) is 55.1 Å². The Hall–Kier alpha value is -4.16. The van der Waals surface area contributed by atoms with Gasteiger partial charge in [0, 0.05) is 72.8 Å². The monoisotopic (exact) mass is 495 g/mol. The highest BCUT2D eigenvalue weighted by Gasteiger charge is 2.56. The van der Waals surface area contributed by atoms with Gasteiger partial charge in [0.05, 0.1) is 23.5 Å². The van der Waals surface area contributed by atoms with Crippen LogP contribution in [-0.2, 0) is 11.8 Å². The summed E-state index contributed by atoms with van der Waals surface area (Å²) < 4.78 is 3.53. The molecule has 9 nitrogen and oxygen atoms in total. The zero-order chi connectivity index (χ0) is 25.8. The number of fused-ring (bicyclic) bond motifs is 2. The van der Waals surface area contributed by atoms with Crippen molar-refractivity contribution in [1.29, 1.82) is 5.26 Å². The molecule has 1 aliphatic carbocycles. The van der Waals surface area contributed by atoms with Crippen LogP contribution < -0.4 is 10.2 Å². The predicted molar refractivity (Wildman–Crippen MR) is 140 cm³/mol. The van der Waals surface area contributed by atoms with E-state index in [1.807, 2.05) is 39.5 Å². The van der Waals surface area contributed by atoms with Gasteiger partial charge in [-0.15, -0.1) is 0 Å². The zero-order valence-electron chi connectivity index (χ0n) is 21.0. The second kappa shape index (κ2) is 8.75. The SMILES string of the molecule is CC(C)C(O)C(=O)N[C@@H]1[C@@H]2CN(c3ccc(-c4cc(-c5cnn(C)c5)cn5ncc(C#N)c45)cc3)C[C@@H]21. The summed E-state index contributed by atoms with van der Waals surface area (Å²) in [4.78, 5) is 14.6. The summed E-state index contributed by atoms with van der Waals surface area (Å²) in [6.07, 6.45) is 6.36. The van der Waals surface area contributed by atoms with Crippen LogP contribution in [0.2, 0.25) is 0 Å². The normalized spacial score (nSPS) is 21.2. The van der Waals surface area contributed by atoms with Gasteiger partial charge in [-0.1, -0.05) is 26.0 Å². The number of piperidine rings is 1. The largest absolute Gasteiger partial charge is 0.383 e. The van der Waals surface area contributed by atoms with Gasteiger partial charge in [0.2, 0.25) is 5.91 Å². The van der Waals surface area contributed by atoms with E-state index in [9.17, 15) is 15.2 Å². The van der Waals surface area contributed by atoms with Gasteiger partial charge in [-0.2, -0.15) is 15.5 Å². The van der Waals surface area contributed by atoms with Crippen LogP contribution >= 0.6 is 0 Å². The molecule has 6 rings (SSSR count). The number of aliphatic hydroxyl groups is 1. The summed E-state index contributed by atoms with van der Waals surface area (Å²) in [5.74, 6) is 0.487. The van der Waals surface area contributed by atoms with Crippen molar-refractivity contribution in [2.24, 2.45) is 24.8 Å². The van der Waals surface area contributed by atoms with Gasteiger partial charge in [-0.25, -0.2) is 4.52 Å². The third-order valence-electron chi connectivity index (χ3n) is 7.72. The molecule has 0 bridgehead atoms. The maximum Gasteiger partial charge on any atom is 0.249 e. The van der Waals surface area contributed by atoms with Gasteiger partial charge < -0.3 is 15.3 Å². The number of aromatic nitrogens is 4. The van der Waals surface area contributed by atoms with E-state index in [1.165, 1.54) is 0 Å². The van der Waals surface area contributed by atoms with Gasteiger partial charge in [0.25, 0.3) is 0 Å². The van der Waals surface area contributed by atoms with Gasteiger partial charge in [0.1, 0.15) is 12.2 Å². The molecule has 2 fully saturated rings. The second-order valence-corrected chi connectivity index (χ2v) is 10.5. The Balaban J connectivity index is 1.22. The number of carbonyl (C=O) groups is 1. The minimum atomic E-state index is -0.953. The van der Waals surface area contributed by atoms with Gasteiger partial charge in [-0.3, -0.25) is 9.48 Å². The molecule has 2 aliphatic rings. The molecule has 3 aromatic heterocycles. The van der Waals surface area contributed by atoms with Gasteiger partial charge >= 0.3 is 0 Å². The molecule has 1 saturated carbocycles. The van der Waals surface area contributed by atoms with E-state index in [0.717, 1.165) is 46.5 Å². The summed E-state index contributed by atoms with van der Waals surface area (Å²) >= 11 is 0. The van der Waals surface area contributed by atoms with Crippen molar-refractivity contribution < 1.29 is 9.90 Å². The number of benzene rings is 1. The molecule has 1 unspecified atom stereocenters. The fourth-order valence-electron chi connectivity index (χ4n) is 5.51. The van der Waals surface area contributed by atoms with E-state index in [0.29, 0.717) is 17.4 Å². The van der Waals surface area contributed by atoms with Crippen molar-refractivity contribution in [3.05, 3.63) is 60.7 Å². The van der Waals surface area contributed by atoms with Crippen molar-refractivity contribution in [2.45, 2.75) is 26.0 Å². The number of aliphatic hydroxyl groups excluding tert-OH is 1. The molecule has 1 saturated heterocycles. The summed E-state index contributed by atoms with van der Waals surface area (Å²) in [5, 5.41) is 31.4. The first-order valence-corrected chi connectivity index (χ1v) is 12.6. The number of amides is 1. The molecule has 4 heterocycles. The lowest BCUT2D eigenvalue weighted by Crippen LogP contribution is -2.42. The van der Waals surface area contributed by atoms with Crippen molar-refractivity contribution in [2.75, 3.05) is 18.0 Å². The lowest BCUT2D eigenvalue weighted by Gasteiger charge is -2.23. The molecule has 1 aromatic carbocycles. The number of carbonyl (C=O) groups excluding carboxylic acids is 1. The van der Waals surface area contributed by atoms with Crippen LogP contribution in [0.1, 0.15) is 19.4 Å². The third-order valence-corrected chi connectivity index (χ3v) is 7.72. The number of nitrogens with zero attached hydrogens (tertiary/aromatic N) is 6. The fraction of sp³-hybridized carbons (Fsp3) is 0.357. The van der Waals surface area contributed by atoms with E-state index < -0.39 is 6.10 Å². The maximum absolute atomic E-state index is 12.2. The lowest BCUT2D eigenvalue weighted by atomic mass is 10.00. The summed E-state index contributed by atoms with van der Waals surface area (Å²) in [5.41, 5.74) is 6.36. The second-order valence-electron chi connectivity index (χ2n) is 10.5. The topological polar surface area (TPSA) is 111 Å². The van der Waals surface area contributed by atoms with Crippen LogP contribution in [0.3, 0.4) is 0 Å². The minimum absolute atomic E-state index is 0.0910. The highest BCUT2D eigenvalue weighted by atomic mass is 16.3. The van der Waals surface area contributed by atoms with Crippen LogP contribution in [0.5, 0.6) is 0 Å². The number of anilines is 1. The third kappa shape index (κ3) is 4.03. The summed E-state index contributed by atoms with van der Waals surface area (Å²) in [7, 11) is 1.89. The smallest absolute Gasteiger partial charge is 0.249 e. The average molecular weight is 496 g/mol. The van der Waals surface area contributed by atoms with Crippen molar-refractivity contribution >= 4 is 17.1 Å². The summed E-state index contributed by atoms with van der Waals surface area (Å²) in [6.45, 7) is 5.46. The number of pyridine rings is 1. The molecule has 2 N–H and O–H groups in total. The fourth-order valence-corrected chi connectivity index (χ4v) is 5.51. The van der Waals surface area contributed by atoms with Gasteiger partial charge in [0.15, 0.2) is 0 Å². The molecule has 4 aromatic rings. The number of rotatable bonds is 6. The van der Waals surface area contributed by atoms with E-state index in [1.54, 1.807) is 15.4 Å². The number of aryl methyl sites for hydroxylation is 1. The minimum Gasteiger partial charge on any atom is -0.383 e. The Bertz CT molecular complexity index is 1520. The van der Waals surface area contributed by atoms with Gasteiger partial charge in [-0.05, 0) is 29.7 Å². The molecule has 0 radical (unpaired) electrons. The maximum atomic E-state index is 12.2. The van der Waals surface area contributed by atoms with Crippen LogP contribution in [0.4, 0.5) is 5.69 Å². The molecule has 1 aliphatic heterocycles. The quantitative estimate of drug-likeness (QED) is 0.426. The molecular weight excluding hydrogens is 466 g/mol. The molecule has 9 heteroatoms. The Morgan fingerprint density at radius 3 is 2.43 bits per heavy atom. The van der Waals surface area contributed by atoms with Crippen molar-refractivity contribution in [3.63, 3.8) is 0 Å². The number of nitriles is 1. The standard InChI is InChI=1S/C28H29N7O2/c1-16(2)27(36)28(37)32-25-23-14-34(15-24(23)25)21-6-4-17(5-7-21)22-8-18(20-11-30-33(3)12-20)13-35-26(22)19(9-29)10-31-35/h4-8,10-13,16,23-25,27,36H,14-15H2,1-3H3,(H,32,37)/t23-,24+,25-,27?. The van der Waals surface area contributed by atoms with Crippen LogP contribution in [-0.4, -0.2) is 55.6 Å². The Morgan fingerprint density at radius 1 is 1.08 bits per heavy atom. The zero-order valence-corrected chi connectivity index (χ0v) is 21.0. The molecular formula is C28H29N7O2. The Kier molecular flexibility index (Phi) is 5.50. The highest BCUT2D eigenvalue weighted by Crippen LogP contribution is 2.47. The average Bonchev–Trinajstić information content (AvgIpc) is 3.36. The Morgan fingerprint density at radius 2 is 1.81 bits per heavy atom. The molecule has 4 atom stereocenters. The number of hydrogen-bond donors (Lipinski definition) is 2. The van der Waals surface area contributed by atoms with Crippen LogP contribution in [0, 0.1) is 29.1 Å². The lowest BCUT2D eigenvalue weighted by molar-refractivity contribution is -0.131. The van der Waals surface area contributed by atoms with Crippen molar-refractivity contribution in [3.8, 4) is 28.3 Å². The first-order chi connectivity index (χ1) is 17.8. The van der Waals surface area contributed by atoms with E-state index in [2.05, 4.69) is 56.8 Å². The summed E-state index contributed by atoms with van der Waals surface area (Å²) in [6, 6.07) is 12.9. The predicted octanol–water partition coefficient (Wildman–Crippen LogP) is 2.84. The first-order valence-electron chi connectivity index (χ1n) is 12.6. The number of hydrogen-bond acceptors (Lipinski definition) is 6.